The van der Waals surface area contributed by atoms with Gasteiger partial charge in [0.15, 0.2) is 0 Å². The number of ether oxygens (including phenoxy) is 1. The Morgan fingerprint density at radius 1 is 1.26 bits per heavy atom. The number of morpholine rings is 1. The maximum Gasteiger partial charge on any atom is 0.126 e. The molecule has 0 unspecified atom stereocenters. The highest BCUT2D eigenvalue weighted by atomic mass is 79.9. The summed E-state index contributed by atoms with van der Waals surface area (Å²) in [6.07, 6.45) is 1.76. The number of aromatic nitrogens is 2. The van der Waals surface area contributed by atoms with Gasteiger partial charge in [-0.05, 0) is 18.2 Å². The summed E-state index contributed by atoms with van der Waals surface area (Å²) in [5, 5.41) is 6.79. The summed E-state index contributed by atoms with van der Waals surface area (Å²) in [5.41, 5.74) is 9.13. The molecule has 3 rings (SSSR count). The Kier molecular flexibility index (Phi) is 3.44. The van der Waals surface area contributed by atoms with Crippen molar-refractivity contribution in [2.24, 2.45) is 0 Å². The predicted octanol–water partition coefficient (Wildman–Crippen LogP) is 2.26. The SMILES string of the molecule is Nc1[nH]ncc1-c1cc(Br)ccc1N1CCOCC1. The maximum absolute atomic E-state index is 5.94. The summed E-state index contributed by atoms with van der Waals surface area (Å²) in [6, 6.07) is 6.23. The van der Waals surface area contributed by atoms with Crippen LogP contribution in [0.5, 0.6) is 0 Å². The largest absolute Gasteiger partial charge is 0.384 e. The summed E-state index contributed by atoms with van der Waals surface area (Å²) in [6.45, 7) is 3.31. The lowest BCUT2D eigenvalue weighted by molar-refractivity contribution is 0.123. The van der Waals surface area contributed by atoms with Gasteiger partial charge in [0.25, 0.3) is 0 Å². The van der Waals surface area contributed by atoms with Crippen LogP contribution in [0.15, 0.2) is 28.9 Å². The molecule has 0 radical (unpaired) electrons. The molecule has 0 aliphatic carbocycles. The standard InChI is InChI=1S/C13H15BrN4O/c14-9-1-2-12(18-3-5-19-6-4-18)10(7-9)11-8-16-17-13(11)15/h1-2,7-8H,3-6H2,(H3,15,16,17). The van der Waals surface area contributed by atoms with Crippen molar-refractivity contribution >= 4 is 27.4 Å². The number of nitrogens with zero attached hydrogens (tertiary/aromatic N) is 2. The molecule has 1 aromatic carbocycles. The van der Waals surface area contributed by atoms with Crippen molar-refractivity contribution in [3.8, 4) is 11.1 Å². The zero-order valence-electron chi connectivity index (χ0n) is 10.4. The van der Waals surface area contributed by atoms with Gasteiger partial charge in [0, 0.05) is 34.4 Å². The molecular formula is C13H15BrN4O. The number of hydrogen-bond acceptors (Lipinski definition) is 4. The first-order chi connectivity index (χ1) is 9.25. The van der Waals surface area contributed by atoms with Gasteiger partial charge in [-0.25, -0.2) is 0 Å². The van der Waals surface area contributed by atoms with E-state index in [4.69, 9.17) is 10.5 Å². The highest BCUT2D eigenvalue weighted by Gasteiger charge is 2.17. The average Bonchev–Trinajstić information content (AvgIpc) is 2.86. The number of aromatic amines is 1. The fraction of sp³-hybridized carbons (Fsp3) is 0.308. The zero-order chi connectivity index (χ0) is 13.2. The molecule has 6 heteroatoms. The highest BCUT2D eigenvalue weighted by molar-refractivity contribution is 9.10. The number of nitrogen functional groups attached to an aromatic ring is 1. The number of anilines is 2. The fourth-order valence-corrected chi connectivity index (χ4v) is 2.68. The molecule has 1 aliphatic rings. The number of rotatable bonds is 2. The summed E-state index contributed by atoms with van der Waals surface area (Å²) >= 11 is 3.52. The second-order valence-electron chi connectivity index (χ2n) is 4.46. The Balaban J connectivity index is 2.06. The zero-order valence-corrected chi connectivity index (χ0v) is 12.0. The van der Waals surface area contributed by atoms with Gasteiger partial charge in [-0.1, -0.05) is 15.9 Å². The minimum atomic E-state index is 0.590. The van der Waals surface area contributed by atoms with Crippen molar-refractivity contribution in [3.05, 3.63) is 28.9 Å². The van der Waals surface area contributed by atoms with E-state index < -0.39 is 0 Å². The number of nitrogens with one attached hydrogen (secondary N) is 1. The predicted molar refractivity (Wildman–Crippen MR) is 79.2 cm³/mol. The van der Waals surface area contributed by atoms with Crippen molar-refractivity contribution in [3.63, 3.8) is 0 Å². The third kappa shape index (κ3) is 2.46. The summed E-state index contributed by atoms with van der Waals surface area (Å²) < 4.78 is 6.43. The van der Waals surface area contributed by atoms with Crippen LogP contribution in [-0.4, -0.2) is 36.5 Å². The van der Waals surface area contributed by atoms with E-state index in [2.05, 4.69) is 43.2 Å². The molecule has 19 heavy (non-hydrogen) atoms. The normalized spacial score (nSPS) is 15.7. The van der Waals surface area contributed by atoms with Crippen LogP contribution in [0, 0.1) is 0 Å². The Morgan fingerprint density at radius 3 is 2.74 bits per heavy atom. The van der Waals surface area contributed by atoms with Gasteiger partial charge in [0.1, 0.15) is 5.82 Å². The van der Waals surface area contributed by atoms with Gasteiger partial charge >= 0.3 is 0 Å². The second kappa shape index (κ2) is 5.22. The lowest BCUT2D eigenvalue weighted by Gasteiger charge is -2.30. The van der Waals surface area contributed by atoms with Crippen molar-refractivity contribution in [1.82, 2.24) is 10.2 Å². The first-order valence-electron chi connectivity index (χ1n) is 6.17. The monoisotopic (exact) mass is 322 g/mol. The molecule has 0 amide bonds. The van der Waals surface area contributed by atoms with Gasteiger partial charge in [0.2, 0.25) is 0 Å². The maximum atomic E-state index is 5.94. The van der Waals surface area contributed by atoms with Gasteiger partial charge in [-0.2, -0.15) is 5.10 Å². The van der Waals surface area contributed by atoms with Crippen molar-refractivity contribution in [1.29, 1.82) is 0 Å². The van der Waals surface area contributed by atoms with Crippen molar-refractivity contribution in [2.45, 2.75) is 0 Å². The Labute approximate surface area is 119 Å². The fourth-order valence-electron chi connectivity index (χ4n) is 2.31. The van der Waals surface area contributed by atoms with Crippen LogP contribution in [0.4, 0.5) is 11.5 Å². The van der Waals surface area contributed by atoms with Crippen LogP contribution in [-0.2, 0) is 4.74 Å². The van der Waals surface area contributed by atoms with Crippen LogP contribution in [0.2, 0.25) is 0 Å². The molecule has 0 atom stereocenters. The molecular weight excluding hydrogens is 308 g/mol. The number of H-pyrrole nitrogens is 1. The van der Waals surface area contributed by atoms with E-state index in [0.29, 0.717) is 5.82 Å². The van der Waals surface area contributed by atoms with Crippen LogP contribution < -0.4 is 10.6 Å². The molecule has 0 saturated carbocycles. The molecule has 1 aromatic heterocycles. The van der Waals surface area contributed by atoms with E-state index in [0.717, 1.165) is 41.9 Å². The Bertz CT molecular complexity index is 578. The molecule has 3 N–H and O–H groups in total. The third-order valence-corrected chi connectivity index (χ3v) is 3.76. The number of hydrogen-bond donors (Lipinski definition) is 2. The van der Waals surface area contributed by atoms with Gasteiger partial charge < -0.3 is 15.4 Å². The molecule has 0 bridgehead atoms. The van der Waals surface area contributed by atoms with Gasteiger partial charge in [-0.15, -0.1) is 0 Å². The summed E-state index contributed by atoms with van der Waals surface area (Å²) in [5.74, 6) is 0.590. The minimum Gasteiger partial charge on any atom is -0.384 e. The lowest BCUT2D eigenvalue weighted by atomic mass is 10.1. The van der Waals surface area contributed by atoms with Gasteiger partial charge in [-0.3, -0.25) is 5.10 Å². The topological polar surface area (TPSA) is 67.2 Å². The van der Waals surface area contributed by atoms with E-state index >= 15 is 0 Å². The smallest absolute Gasteiger partial charge is 0.126 e. The van der Waals surface area contributed by atoms with Crippen molar-refractivity contribution in [2.75, 3.05) is 36.9 Å². The molecule has 1 aliphatic heterocycles. The van der Waals surface area contributed by atoms with Crippen LogP contribution >= 0.6 is 15.9 Å². The quantitative estimate of drug-likeness (QED) is 0.890. The minimum absolute atomic E-state index is 0.590. The van der Waals surface area contributed by atoms with E-state index in [1.165, 1.54) is 5.69 Å². The van der Waals surface area contributed by atoms with Crippen molar-refractivity contribution < 1.29 is 4.74 Å². The molecule has 100 valence electrons. The summed E-state index contributed by atoms with van der Waals surface area (Å²) in [4.78, 5) is 2.32. The average molecular weight is 323 g/mol. The first kappa shape index (κ1) is 12.5. The van der Waals surface area contributed by atoms with Crippen LogP contribution in [0.1, 0.15) is 0 Å². The van der Waals surface area contributed by atoms with E-state index in [9.17, 15) is 0 Å². The van der Waals surface area contributed by atoms with E-state index in [1.54, 1.807) is 6.20 Å². The van der Waals surface area contributed by atoms with E-state index in [1.807, 2.05) is 6.07 Å². The highest BCUT2D eigenvalue weighted by Crippen LogP contribution is 2.35. The van der Waals surface area contributed by atoms with Gasteiger partial charge in [0.05, 0.1) is 19.4 Å². The molecule has 0 spiro atoms. The third-order valence-electron chi connectivity index (χ3n) is 3.27. The van der Waals surface area contributed by atoms with Crippen LogP contribution in [0.25, 0.3) is 11.1 Å². The number of halogens is 1. The van der Waals surface area contributed by atoms with E-state index in [-0.39, 0.29) is 0 Å². The number of benzene rings is 1. The molecule has 1 saturated heterocycles. The molecule has 2 aromatic rings. The Morgan fingerprint density at radius 2 is 2.05 bits per heavy atom. The second-order valence-corrected chi connectivity index (χ2v) is 5.37. The molecule has 1 fully saturated rings. The lowest BCUT2D eigenvalue weighted by Crippen LogP contribution is -2.36. The summed E-state index contributed by atoms with van der Waals surface area (Å²) in [7, 11) is 0. The number of nitrogens with two attached hydrogens (primary N) is 1. The molecule has 2 heterocycles. The molecule has 5 nitrogen and oxygen atoms in total. The Hall–Kier alpha value is -1.53. The first-order valence-corrected chi connectivity index (χ1v) is 6.96. The van der Waals surface area contributed by atoms with Crippen LogP contribution in [0.3, 0.4) is 0 Å².